The Morgan fingerprint density at radius 2 is 1.85 bits per heavy atom. The number of halogens is 3. The quantitative estimate of drug-likeness (QED) is 0.819. The van der Waals surface area contributed by atoms with E-state index in [1.165, 1.54) is 30.3 Å². The van der Waals surface area contributed by atoms with Crippen LogP contribution in [0.3, 0.4) is 0 Å². The first-order valence-electron chi connectivity index (χ1n) is 5.63. The lowest BCUT2D eigenvalue weighted by atomic mass is 10.0. The van der Waals surface area contributed by atoms with Crippen molar-refractivity contribution in [1.29, 1.82) is 0 Å². The molecule has 2 nitrogen and oxygen atoms in total. The average molecular weight is 311 g/mol. The zero-order valence-electron chi connectivity index (χ0n) is 10.1. The Morgan fingerprint density at radius 3 is 2.50 bits per heavy atom. The van der Waals surface area contributed by atoms with Crippen molar-refractivity contribution in [1.82, 2.24) is 0 Å². The van der Waals surface area contributed by atoms with Gasteiger partial charge in [0.1, 0.15) is 5.82 Å². The van der Waals surface area contributed by atoms with Gasteiger partial charge in [0.2, 0.25) is 0 Å². The summed E-state index contributed by atoms with van der Waals surface area (Å²) in [6.45, 7) is 0. The van der Waals surface area contributed by atoms with Crippen molar-refractivity contribution in [2.24, 2.45) is 0 Å². The van der Waals surface area contributed by atoms with Crippen molar-refractivity contribution < 1.29 is 14.3 Å². The number of benzene rings is 2. The van der Waals surface area contributed by atoms with E-state index < -0.39 is 11.8 Å². The van der Waals surface area contributed by atoms with Gasteiger partial charge in [-0.05, 0) is 35.9 Å². The minimum atomic E-state index is -1.07. The molecule has 0 spiro atoms. The van der Waals surface area contributed by atoms with Gasteiger partial charge >= 0.3 is 5.97 Å². The molecular formula is C15H9Cl2FO2. The molecule has 0 saturated heterocycles. The lowest BCUT2D eigenvalue weighted by Crippen LogP contribution is -1.89. The minimum absolute atomic E-state index is 0.291. The van der Waals surface area contributed by atoms with Gasteiger partial charge in [-0.2, -0.15) is 0 Å². The summed E-state index contributed by atoms with van der Waals surface area (Å²) in [6, 6.07) is 9.04. The Balaban J connectivity index is 2.50. The fourth-order valence-electron chi connectivity index (χ4n) is 1.73. The molecule has 2 aromatic carbocycles. The molecule has 2 rings (SSSR count). The maximum absolute atomic E-state index is 13.9. The highest BCUT2D eigenvalue weighted by Gasteiger charge is 2.10. The first kappa shape index (κ1) is 14.6. The Labute approximate surface area is 125 Å². The van der Waals surface area contributed by atoms with Gasteiger partial charge in [0, 0.05) is 27.2 Å². The molecule has 0 aromatic heterocycles. The number of rotatable bonds is 3. The molecule has 5 heteroatoms. The second kappa shape index (κ2) is 6.07. The number of carboxylic acid groups (broad SMARTS) is 1. The van der Waals surface area contributed by atoms with E-state index in [1.54, 1.807) is 12.1 Å². The number of carbonyl (C=O) groups is 1. The summed E-state index contributed by atoms with van der Waals surface area (Å²) < 4.78 is 13.9. The SMILES string of the molecule is O=C(O)/C=C/c1ccc(F)c(-c2ccc(Cl)cc2Cl)c1. The topological polar surface area (TPSA) is 37.3 Å². The number of aliphatic carboxylic acids is 1. The Bertz CT molecular complexity index is 696. The lowest BCUT2D eigenvalue weighted by Gasteiger charge is -2.07. The molecule has 0 radical (unpaired) electrons. The molecule has 0 aliphatic rings. The summed E-state index contributed by atoms with van der Waals surface area (Å²) in [5.74, 6) is -1.51. The van der Waals surface area contributed by atoms with E-state index in [2.05, 4.69) is 0 Å². The van der Waals surface area contributed by atoms with Gasteiger partial charge in [-0.1, -0.05) is 35.3 Å². The van der Waals surface area contributed by atoms with Crippen LogP contribution in [0.25, 0.3) is 17.2 Å². The van der Waals surface area contributed by atoms with Gasteiger partial charge in [-0.25, -0.2) is 9.18 Å². The van der Waals surface area contributed by atoms with Crippen LogP contribution in [0.15, 0.2) is 42.5 Å². The van der Waals surface area contributed by atoms with E-state index >= 15 is 0 Å². The maximum Gasteiger partial charge on any atom is 0.328 e. The zero-order chi connectivity index (χ0) is 14.7. The Morgan fingerprint density at radius 1 is 1.10 bits per heavy atom. The first-order chi connectivity index (χ1) is 9.47. The van der Waals surface area contributed by atoms with E-state index in [9.17, 15) is 9.18 Å². The van der Waals surface area contributed by atoms with Crippen LogP contribution in [0.5, 0.6) is 0 Å². The average Bonchev–Trinajstić information content (AvgIpc) is 2.38. The third-order valence-corrected chi connectivity index (χ3v) is 3.18. The van der Waals surface area contributed by atoms with Crippen LogP contribution in [-0.2, 0) is 4.79 Å². The fraction of sp³-hybridized carbons (Fsp3) is 0. The molecule has 20 heavy (non-hydrogen) atoms. The van der Waals surface area contributed by atoms with Crippen molar-refractivity contribution in [3.8, 4) is 11.1 Å². The molecule has 0 bridgehead atoms. The Kier molecular flexibility index (Phi) is 4.42. The molecule has 0 heterocycles. The Hall–Kier alpha value is -1.84. The van der Waals surface area contributed by atoms with E-state index in [0.717, 1.165) is 6.08 Å². The standard InChI is InChI=1S/C15H9Cl2FO2/c16-10-3-4-11(13(17)8-10)12-7-9(1-5-14(12)18)2-6-15(19)20/h1-8H,(H,19,20)/b6-2+. The van der Waals surface area contributed by atoms with E-state index in [0.29, 0.717) is 26.7 Å². The molecule has 0 atom stereocenters. The van der Waals surface area contributed by atoms with Crippen LogP contribution in [0.4, 0.5) is 4.39 Å². The summed E-state index contributed by atoms with van der Waals surface area (Å²) in [5.41, 5.74) is 1.35. The molecule has 0 aliphatic carbocycles. The third-order valence-electron chi connectivity index (χ3n) is 2.63. The van der Waals surface area contributed by atoms with Gasteiger partial charge in [0.05, 0.1) is 0 Å². The zero-order valence-corrected chi connectivity index (χ0v) is 11.6. The van der Waals surface area contributed by atoms with Crippen LogP contribution < -0.4 is 0 Å². The van der Waals surface area contributed by atoms with Gasteiger partial charge in [0.25, 0.3) is 0 Å². The number of hydrogen-bond donors (Lipinski definition) is 1. The molecule has 2 aromatic rings. The van der Waals surface area contributed by atoms with Gasteiger partial charge in [-0.15, -0.1) is 0 Å². The van der Waals surface area contributed by atoms with Gasteiger partial charge in [-0.3, -0.25) is 0 Å². The second-order valence-corrected chi connectivity index (χ2v) is 4.88. The number of hydrogen-bond acceptors (Lipinski definition) is 1. The normalized spacial score (nSPS) is 10.9. The van der Waals surface area contributed by atoms with Gasteiger partial charge < -0.3 is 5.11 Å². The fourth-order valence-corrected chi connectivity index (χ4v) is 2.24. The monoisotopic (exact) mass is 310 g/mol. The summed E-state index contributed by atoms with van der Waals surface area (Å²) in [7, 11) is 0. The molecule has 0 unspecified atom stereocenters. The molecule has 1 N–H and O–H groups in total. The van der Waals surface area contributed by atoms with Crippen molar-refractivity contribution in [2.45, 2.75) is 0 Å². The molecule has 0 aliphatic heterocycles. The molecule has 0 amide bonds. The number of carboxylic acids is 1. The summed E-state index contributed by atoms with van der Waals surface area (Å²) >= 11 is 11.9. The minimum Gasteiger partial charge on any atom is -0.478 e. The lowest BCUT2D eigenvalue weighted by molar-refractivity contribution is -0.131. The van der Waals surface area contributed by atoms with Crippen LogP contribution in [0, 0.1) is 5.82 Å². The summed E-state index contributed by atoms with van der Waals surface area (Å²) in [6.07, 6.45) is 2.37. The van der Waals surface area contributed by atoms with E-state index in [4.69, 9.17) is 28.3 Å². The molecule has 0 saturated carbocycles. The van der Waals surface area contributed by atoms with Crippen LogP contribution in [0.1, 0.15) is 5.56 Å². The van der Waals surface area contributed by atoms with Crippen molar-refractivity contribution in [3.63, 3.8) is 0 Å². The summed E-state index contributed by atoms with van der Waals surface area (Å²) in [4.78, 5) is 10.5. The predicted molar refractivity (Wildman–Crippen MR) is 78.5 cm³/mol. The van der Waals surface area contributed by atoms with E-state index in [1.807, 2.05) is 0 Å². The second-order valence-electron chi connectivity index (χ2n) is 4.04. The van der Waals surface area contributed by atoms with Crippen molar-refractivity contribution in [3.05, 3.63) is 63.9 Å². The first-order valence-corrected chi connectivity index (χ1v) is 6.39. The van der Waals surface area contributed by atoms with Crippen LogP contribution in [0.2, 0.25) is 10.0 Å². The van der Waals surface area contributed by atoms with Crippen LogP contribution in [-0.4, -0.2) is 11.1 Å². The smallest absolute Gasteiger partial charge is 0.328 e. The molecule has 102 valence electrons. The highest BCUT2D eigenvalue weighted by Crippen LogP contribution is 2.32. The predicted octanol–water partition coefficient (Wildman–Crippen LogP) is 4.90. The molecular weight excluding hydrogens is 302 g/mol. The maximum atomic E-state index is 13.9. The van der Waals surface area contributed by atoms with E-state index in [-0.39, 0.29) is 0 Å². The van der Waals surface area contributed by atoms with Crippen molar-refractivity contribution in [2.75, 3.05) is 0 Å². The highest BCUT2D eigenvalue weighted by molar-refractivity contribution is 6.36. The van der Waals surface area contributed by atoms with Crippen molar-refractivity contribution >= 4 is 35.2 Å². The van der Waals surface area contributed by atoms with Crippen LogP contribution >= 0.6 is 23.2 Å². The molecule has 0 fully saturated rings. The largest absolute Gasteiger partial charge is 0.478 e. The van der Waals surface area contributed by atoms with Gasteiger partial charge in [0.15, 0.2) is 0 Å². The highest BCUT2D eigenvalue weighted by atomic mass is 35.5. The summed E-state index contributed by atoms with van der Waals surface area (Å²) in [5, 5.41) is 9.38. The third kappa shape index (κ3) is 3.38.